The minimum Gasteiger partial charge on any atom is -0.317 e. The average molecular weight is 238 g/mol. The largest absolute Gasteiger partial charge is 0.317 e. The van der Waals surface area contributed by atoms with Gasteiger partial charge >= 0.3 is 0 Å². The van der Waals surface area contributed by atoms with Crippen LogP contribution in [0.2, 0.25) is 0 Å². The predicted molar refractivity (Wildman–Crippen MR) is 72.5 cm³/mol. The highest BCUT2D eigenvalue weighted by atomic mass is 16.6. The van der Waals surface area contributed by atoms with Gasteiger partial charge in [0.1, 0.15) is 0 Å². The molecule has 88 valence electrons. The molecule has 2 aromatic carbocycles. The first kappa shape index (κ1) is 10.5. The van der Waals surface area contributed by atoms with E-state index >= 15 is 0 Å². The van der Waals surface area contributed by atoms with Crippen LogP contribution in [-0.2, 0) is 0 Å². The molecule has 3 aromatic rings. The Morgan fingerprint density at radius 3 is 2.56 bits per heavy atom. The number of non-ortho nitro benzene ring substituents is 1. The molecule has 18 heavy (non-hydrogen) atoms. The van der Waals surface area contributed by atoms with E-state index in [0.717, 1.165) is 21.8 Å². The summed E-state index contributed by atoms with van der Waals surface area (Å²) in [6.07, 6.45) is 1.72. The standard InChI is InChI=1S/C14H10N2O2/c1-2-15-13-6-4-3-5-11(13)12-9-10(16(17)18)7-8-14(12)15/h2-9H,1H2. The normalized spacial score (nSPS) is 10.9. The molecule has 3 rings (SSSR count). The first-order valence-corrected chi connectivity index (χ1v) is 5.52. The van der Waals surface area contributed by atoms with E-state index in [4.69, 9.17) is 0 Å². The number of nitro groups is 1. The lowest BCUT2D eigenvalue weighted by Crippen LogP contribution is -1.88. The van der Waals surface area contributed by atoms with Crippen molar-refractivity contribution >= 4 is 33.7 Å². The van der Waals surface area contributed by atoms with Crippen LogP contribution in [0.3, 0.4) is 0 Å². The lowest BCUT2D eigenvalue weighted by molar-refractivity contribution is -0.384. The molecule has 0 aliphatic carbocycles. The smallest absolute Gasteiger partial charge is 0.270 e. The van der Waals surface area contributed by atoms with Crippen molar-refractivity contribution in [3.63, 3.8) is 0 Å². The van der Waals surface area contributed by atoms with Gasteiger partial charge in [-0.2, -0.15) is 0 Å². The van der Waals surface area contributed by atoms with Crippen molar-refractivity contribution in [2.24, 2.45) is 0 Å². The summed E-state index contributed by atoms with van der Waals surface area (Å²) in [6, 6.07) is 12.7. The quantitative estimate of drug-likeness (QED) is 0.503. The molecule has 0 amide bonds. The lowest BCUT2D eigenvalue weighted by atomic mass is 10.1. The number of nitro benzene ring substituents is 1. The van der Waals surface area contributed by atoms with Crippen molar-refractivity contribution in [1.29, 1.82) is 0 Å². The van der Waals surface area contributed by atoms with E-state index in [1.165, 1.54) is 6.07 Å². The summed E-state index contributed by atoms with van der Waals surface area (Å²) in [5.41, 5.74) is 2.04. The van der Waals surface area contributed by atoms with E-state index in [-0.39, 0.29) is 10.6 Å². The van der Waals surface area contributed by atoms with Gasteiger partial charge in [-0.25, -0.2) is 0 Å². The number of hydrogen-bond donors (Lipinski definition) is 0. The molecule has 0 aliphatic rings. The summed E-state index contributed by atoms with van der Waals surface area (Å²) in [5, 5.41) is 12.7. The molecule has 0 radical (unpaired) electrons. The molecule has 0 saturated carbocycles. The third-order valence-electron chi connectivity index (χ3n) is 3.09. The molecule has 0 bridgehead atoms. The maximum atomic E-state index is 10.8. The zero-order chi connectivity index (χ0) is 12.7. The van der Waals surface area contributed by atoms with E-state index in [1.54, 1.807) is 18.3 Å². The van der Waals surface area contributed by atoms with Gasteiger partial charge < -0.3 is 4.57 Å². The van der Waals surface area contributed by atoms with Crippen molar-refractivity contribution in [2.75, 3.05) is 0 Å². The maximum absolute atomic E-state index is 10.8. The summed E-state index contributed by atoms with van der Waals surface area (Å²) in [4.78, 5) is 10.5. The number of para-hydroxylation sites is 1. The highest BCUT2D eigenvalue weighted by molar-refractivity contribution is 6.09. The Hall–Kier alpha value is -2.62. The third-order valence-corrected chi connectivity index (χ3v) is 3.09. The van der Waals surface area contributed by atoms with Crippen LogP contribution < -0.4 is 0 Å². The number of nitrogens with zero attached hydrogens (tertiary/aromatic N) is 2. The monoisotopic (exact) mass is 238 g/mol. The van der Waals surface area contributed by atoms with Crippen molar-refractivity contribution in [3.05, 3.63) is 59.2 Å². The van der Waals surface area contributed by atoms with Crippen LogP contribution >= 0.6 is 0 Å². The topological polar surface area (TPSA) is 48.1 Å². The first-order valence-electron chi connectivity index (χ1n) is 5.52. The van der Waals surface area contributed by atoms with Gasteiger partial charge in [-0.1, -0.05) is 24.8 Å². The Labute approximate surface area is 103 Å². The second kappa shape index (κ2) is 3.70. The Bertz CT molecular complexity index is 787. The summed E-state index contributed by atoms with van der Waals surface area (Å²) in [5.74, 6) is 0. The van der Waals surface area contributed by atoms with E-state index in [9.17, 15) is 10.1 Å². The predicted octanol–water partition coefficient (Wildman–Crippen LogP) is 3.80. The van der Waals surface area contributed by atoms with Crippen LogP contribution in [0.1, 0.15) is 0 Å². The van der Waals surface area contributed by atoms with Gasteiger partial charge in [0.15, 0.2) is 0 Å². The fourth-order valence-corrected chi connectivity index (χ4v) is 2.30. The van der Waals surface area contributed by atoms with Crippen LogP contribution in [0.25, 0.3) is 28.0 Å². The minimum absolute atomic E-state index is 0.106. The maximum Gasteiger partial charge on any atom is 0.270 e. The Morgan fingerprint density at radius 2 is 1.83 bits per heavy atom. The second-order valence-corrected chi connectivity index (χ2v) is 4.03. The van der Waals surface area contributed by atoms with Gasteiger partial charge in [-0.05, 0) is 12.1 Å². The second-order valence-electron chi connectivity index (χ2n) is 4.03. The van der Waals surface area contributed by atoms with E-state index in [1.807, 2.05) is 28.8 Å². The van der Waals surface area contributed by atoms with Gasteiger partial charge in [0.2, 0.25) is 0 Å². The highest BCUT2D eigenvalue weighted by Crippen LogP contribution is 2.31. The average Bonchev–Trinajstić information content (AvgIpc) is 2.71. The molecule has 0 spiro atoms. The summed E-state index contributed by atoms with van der Waals surface area (Å²) < 4.78 is 1.94. The van der Waals surface area contributed by atoms with Gasteiger partial charge in [0.25, 0.3) is 5.69 Å². The molecule has 4 heteroatoms. The fraction of sp³-hybridized carbons (Fsp3) is 0. The minimum atomic E-state index is -0.376. The van der Waals surface area contributed by atoms with Gasteiger partial charge in [0.05, 0.1) is 16.0 Å². The fourth-order valence-electron chi connectivity index (χ4n) is 2.30. The van der Waals surface area contributed by atoms with Crippen LogP contribution in [0.5, 0.6) is 0 Å². The summed E-state index contributed by atoms with van der Waals surface area (Å²) >= 11 is 0. The summed E-state index contributed by atoms with van der Waals surface area (Å²) in [6.45, 7) is 3.79. The number of rotatable bonds is 2. The van der Waals surface area contributed by atoms with Crippen molar-refractivity contribution < 1.29 is 4.92 Å². The number of aromatic nitrogens is 1. The van der Waals surface area contributed by atoms with E-state index in [0.29, 0.717) is 0 Å². The van der Waals surface area contributed by atoms with Gasteiger partial charge in [0, 0.05) is 29.1 Å². The van der Waals surface area contributed by atoms with Gasteiger partial charge in [-0.15, -0.1) is 0 Å². The molecule has 0 aliphatic heterocycles. The van der Waals surface area contributed by atoms with Crippen molar-refractivity contribution in [2.45, 2.75) is 0 Å². The van der Waals surface area contributed by atoms with E-state index in [2.05, 4.69) is 6.58 Å². The molecule has 1 aromatic heterocycles. The first-order chi connectivity index (χ1) is 8.72. The highest BCUT2D eigenvalue weighted by Gasteiger charge is 2.12. The Kier molecular flexibility index (Phi) is 2.16. The lowest BCUT2D eigenvalue weighted by Gasteiger charge is -1.98. The Morgan fingerprint density at radius 1 is 1.11 bits per heavy atom. The summed E-state index contributed by atoms with van der Waals surface area (Å²) in [7, 11) is 0. The van der Waals surface area contributed by atoms with Crippen molar-refractivity contribution in [1.82, 2.24) is 4.57 Å². The molecule has 0 unspecified atom stereocenters. The van der Waals surface area contributed by atoms with E-state index < -0.39 is 0 Å². The third kappa shape index (κ3) is 1.32. The Balaban J connectivity index is 2.52. The SMILES string of the molecule is C=Cn1c2ccccc2c2cc([N+](=O)[O-])ccc21. The molecule has 4 nitrogen and oxygen atoms in total. The van der Waals surface area contributed by atoms with Crippen molar-refractivity contribution in [3.8, 4) is 0 Å². The number of hydrogen-bond acceptors (Lipinski definition) is 2. The molecular formula is C14H10N2O2. The molecule has 1 heterocycles. The molecule has 0 N–H and O–H groups in total. The van der Waals surface area contributed by atoms with Crippen LogP contribution in [0.4, 0.5) is 5.69 Å². The molecule has 0 saturated heterocycles. The van der Waals surface area contributed by atoms with Crippen LogP contribution in [0, 0.1) is 10.1 Å². The van der Waals surface area contributed by atoms with Crippen LogP contribution in [0.15, 0.2) is 49.0 Å². The zero-order valence-corrected chi connectivity index (χ0v) is 9.54. The van der Waals surface area contributed by atoms with Gasteiger partial charge in [-0.3, -0.25) is 10.1 Å². The zero-order valence-electron chi connectivity index (χ0n) is 9.54. The molecule has 0 atom stereocenters. The number of fused-ring (bicyclic) bond motifs is 3. The molecular weight excluding hydrogens is 228 g/mol. The van der Waals surface area contributed by atoms with Crippen LogP contribution in [-0.4, -0.2) is 9.49 Å². The molecule has 0 fully saturated rings. The number of benzene rings is 2.